The minimum Gasteiger partial charge on any atom is -0.484 e. The Morgan fingerprint density at radius 2 is 2.00 bits per heavy atom. The van der Waals surface area contributed by atoms with Gasteiger partial charge in [-0.05, 0) is 43.1 Å². The van der Waals surface area contributed by atoms with E-state index in [9.17, 15) is 4.79 Å². The molecule has 0 aliphatic carbocycles. The Kier molecular flexibility index (Phi) is 8.38. The molecule has 0 fully saturated rings. The smallest absolute Gasteiger partial charge is 0.258 e. The largest absolute Gasteiger partial charge is 0.484 e. The van der Waals surface area contributed by atoms with E-state index < -0.39 is 0 Å². The van der Waals surface area contributed by atoms with E-state index in [-0.39, 0.29) is 18.6 Å². The monoisotopic (exact) mass is 356 g/mol. The Balaban J connectivity index is 2.53. The Hall–Kier alpha value is -1.07. The van der Waals surface area contributed by atoms with Gasteiger partial charge in [0.2, 0.25) is 0 Å². The lowest BCUT2D eigenvalue weighted by Crippen LogP contribution is -2.37. The molecule has 1 aromatic carbocycles. The average Bonchev–Trinajstić information content (AvgIpc) is 2.50. The predicted molar refractivity (Wildman–Crippen MR) is 89.5 cm³/mol. The molecular weight excluding hydrogens is 332 g/mol. The number of benzene rings is 1. The minimum absolute atomic E-state index is 0.0543. The molecule has 0 saturated carbocycles. The lowest BCUT2D eigenvalue weighted by molar-refractivity contribution is -0.123. The second kappa shape index (κ2) is 9.79. The summed E-state index contributed by atoms with van der Waals surface area (Å²) in [4.78, 5) is 11.8. The van der Waals surface area contributed by atoms with Gasteiger partial charge in [-0.3, -0.25) is 4.79 Å². The van der Waals surface area contributed by atoms with E-state index in [2.05, 4.69) is 47.3 Å². The van der Waals surface area contributed by atoms with Crippen LogP contribution in [-0.4, -0.2) is 25.1 Å². The summed E-state index contributed by atoms with van der Waals surface area (Å²) < 4.78 is 6.61. The van der Waals surface area contributed by atoms with E-state index >= 15 is 0 Å². The van der Waals surface area contributed by atoms with Crippen LogP contribution in [0.4, 0.5) is 0 Å². The molecule has 1 aromatic rings. The van der Waals surface area contributed by atoms with Crippen LogP contribution in [0.15, 0.2) is 22.7 Å². The fourth-order valence-corrected chi connectivity index (χ4v) is 2.33. The number of hydrogen-bond acceptors (Lipinski definition) is 3. The number of amides is 1. The zero-order chi connectivity index (χ0) is 15.7. The maximum Gasteiger partial charge on any atom is 0.258 e. The van der Waals surface area contributed by atoms with Crippen molar-refractivity contribution in [3.8, 4) is 5.75 Å². The molecule has 0 spiro atoms. The van der Waals surface area contributed by atoms with Gasteiger partial charge >= 0.3 is 0 Å². The second-order valence-corrected chi connectivity index (χ2v) is 5.76. The van der Waals surface area contributed by atoms with Crippen molar-refractivity contribution in [1.82, 2.24) is 10.6 Å². The molecule has 1 rings (SSSR count). The molecule has 1 amide bonds. The van der Waals surface area contributed by atoms with Gasteiger partial charge < -0.3 is 15.4 Å². The number of hydrogen-bond donors (Lipinski definition) is 2. The quantitative estimate of drug-likeness (QED) is 0.713. The van der Waals surface area contributed by atoms with Crippen LogP contribution in [-0.2, 0) is 11.3 Å². The van der Waals surface area contributed by atoms with E-state index in [1.807, 2.05) is 18.2 Å². The number of nitrogens with one attached hydrogen (secondary N) is 2. The van der Waals surface area contributed by atoms with Crippen LogP contribution in [0.3, 0.4) is 0 Å². The average molecular weight is 357 g/mol. The van der Waals surface area contributed by atoms with Gasteiger partial charge in [-0.1, -0.05) is 36.7 Å². The summed E-state index contributed by atoms with van der Waals surface area (Å²) in [6, 6.07) is 6.00. The van der Waals surface area contributed by atoms with Crippen LogP contribution in [0, 0.1) is 0 Å². The molecule has 0 bridgehead atoms. The van der Waals surface area contributed by atoms with Crippen LogP contribution >= 0.6 is 15.9 Å². The van der Waals surface area contributed by atoms with Crippen molar-refractivity contribution in [3.05, 3.63) is 28.2 Å². The molecule has 2 N–H and O–H groups in total. The zero-order valence-electron chi connectivity index (χ0n) is 13.0. The van der Waals surface area contributed by atoms with Gasteiger partial charge in [0, 0.05) is 17.1 Å². The highest BCUT2D eigenvalue weighted by Crippen LogP contribution is 2.22. The number of halogens is 1. The molecule has 0 aliphatic heterocycles. The predicted octanol–water partition coefficient (Wildman–Crippen LogP) is 3.24. The van der Waals surface area contributed by atoms with Gasteiger partial charge in [-0.15, -0.1) is 0 Å². The molecule has 5 heteroatoms. The third-order valence-corrected chi connectivity index (χ3v) is 4.08. The molecule has 4 nitrogen and oxygen atoms in total. The summed E-state index contributed by atoms with van der Waals surface area (Å²) in [7, 11) is 0. The van der Waals surface area contributed by atoms with Crippen LogP contribution in [0.1, 0.15) is 39.2 Å². The van der Waals surface area contributed by atoms with Crippen molar-refractivity contribution < 1.29 is 9.53 Å². The molecule has 0 aliphatic rings. The van der Waals surface area contributed by atoms with Gasteiger partial charge in [0.25, 0.3) is 5.91 Å². The van der Waals surface area contributed by atoms with Crippen molar-refractivity contribution in [2.75, 3.05) is 13.2 Å². The highest BCUT2D eigenvalue weighted by molar-refractivity contribution is 9.10. The molecule has 0 aromatic heterocycles. The molecule has 0 heterocycles. The number of carbonyl (C=O) groups is 1. The molecular formula is C16H25BrN2O2. The number of ether oxygens (including phenoxy) is 1. The van der Waals surface area contributed by atoms with Gasteiger partial charge in [0.1, 0.15) is 5.75 Å². The molecule has 0 atom stereocenters. The molecule has 0 unspecified atom stereocenters. The first kappa shape index (κ1) is 18.0. The van der Waals surface area contributed by atoms with Crippen LogP contribution < -0.4 is 15.4 Å². The standard InChI is InChI=1S/C16H25BrN2O2/c1-4-13(5-2)19-16(20)11-21-14-7-8-15(17)12(9-14)10-18-6-3/h7-9,13,18H,4-6,10-11H2,1-3H3,(H,19,20). The van der Waals surface area contributed by atoms with Crippen LogP contribution in [0.25, 0.3) is 0 Å². The lowest BCUT2D eigenvalue weighted by Gasteiger charge is -2.15. The summed E-state index contributed by atoms with van der Waals surface area (Å²) in [6.45, 7) is 7.94. The SMILES string of the molecule is CCNCc1cc(OCC(=O)NC(CC)CC)ccc1Br. The van der Waals surface area contributed by atoms with Gasteiger partial charge in [-0.25, -0.2) is 0 Å². The van der Waals surface area contributed by atoms with E-state index in [1.54, 1.807) is 0 Å². The highest BCUT2D eigenvalue weighted by atomic mass is 79.9. The maximum absolute atomic E-state index is 11.8. The topological polar surface area (TPSA) is 50.4 Å². The summed E-state index contributed by atoms with van der Waals surface area (Å²) in [5.74, 6) is 0.644. The Morgan fingerprint density at radius 3 is 2.62 bits per heavy atom. The van der Waals surface area contributed by atoms with Crippen molar-refractivity contribution in [3.63, 3.8) is 0 Å². The first-order chi connectivity index (χ1) is 10.1. The Bertz CT molecular complexity index is 448. The van der Waals surface area contributed by atoms with E-state index in [0.29, 0.717) is 5.75 Å². The van der Waals surface area contributed by atoms with Crippen molar-refractivity contribution in [1.29, 1.82) is 0 Å². The van der Waals surface area contributed by atoms with Crippen LogP contribution in [0.5, 0.6) is 5.75 Å². The fraction of sp³-hybridized carbons (Fsp3) is 0.562. The first-order valence-corrected chi connectivity index (χ1v) is 8.31. The zero-order valence-corrected chi connectivity index (χ0v) is 14.6. The van der Waals surface area contributed by atoms with Gasteiger partial charge in [0.05, 0.1) is 0 Å². The highest BCUT2D eigenvalue weighted by Gasteiger charge is 2.09. The summed E-state index contributed by atoms with van der Waals surface area (Å²) >= 11 is 3.52. The molecule has 21 heavy (non-hydrogen) atoms. The Labute approximate surface area is 135 Å². The molecule has 118 valence electrons. The second-order valence-electron chi connectivity index (χ2n) is 4.90. The van der Waals surface area contributed by atoms with Gasteiger partial charge in [-0.2, -0.15) is 0 Å². The number of carbonyl (C=O) groups excluding carboxylic acids is 1. The van der Waals surface area contributed by atoms with Crippen molar-refractivity contribution in [2.24, 2.45) is 0 Å². The third kappa shape index (κ3) is 6.48. The first-order valence-electron chi connectivity index (χ1n) is 7.51. The lowest BCUT2D eigenvalue weighted by atomic mass is 10.2. The molecule has 0 saturated heterocycles. The van der Waals surface area contributed by atoms with E-state index in [1.165, 1.54) is 0 Å². The molecule has 0 radical (unpaired) electrons. The van der Waals surface area contributed by atoms with E-state index in [0.717, 1.165) is 36.0 Å². The Morgan fingerprint density at radius 1 is 1.29 bits per heavy atom. The summed E-state index contributed by atoms with van der Waals surface area (Å²) in [5, 5.41) is 6.24. The normalized spacial score (nSPS) is 10.7. The maximum atomic E-state index is 11.8. The van der Waals surface area contributed by atoms with E-state index in [4.69, 9.17) is 4.74 Å². The summed E-state index contributed by atoms with van der Waals surface area (Å²) in [5.41, 5.74) is 1.12. The number of rotatable bonds is 9. The fourth-order valence-electron chi connectivity index (χ4n) is 1.95. The summed E-state index contributed by atoms with van der Waals surface area (Å²) in [6.07, 6.45) is 1.88. The van der Waals surface area contributed by atoms with Gasteiger partial charge in [0.15, 0.2) is 6.61 Å². The van der Waals surface area contributed by atoms with Crippen molar-refractivity contribution in [2.45, 2.75) is 46.2 Å². The van der Waals surface area contributed by atoms with Crippen LogP contribution in [0.2, 0.25) is 0 Å². The minimum atomic E-state index is -0.0696. The van der Waals surface area contributed by atoms with Crippen molar-refractivity contribution >= 4 is 21.8 Å². The third-order valence-electron chi connectivity index (χ3n) is 3.30.